The van der Waals surface area contributed by atoms with Crippen LogP contribution in [0.25, 0.3) is 10.8 Å². The number of rotatable bonds is 5. The zero-order valence-corrected chi connectivity index (χ0v) is 13.2. The van der Waals surface area contributed by atoms with Gasteiger partial charge in [-0.2, -0.15) is 0 Å². The van der Waals surface area contributed by atoms with Crippen molar-refractivity contribution in [3.63, 3.8) is 0 Å². The van der Waals surface area contributed by atoms with Crippen molar-refractivity contribution >= 4 is 33.2 Å². The largest absolute Gasteiger partial charge is 0.329 e. The van der Waals surface area contributed by atoms with Gasteiger partial charge in [0.25, 0.3) is 0 Å². The van der Waals surface area contributed by atoms with Crippen LogP contribution in [0.15, 0.2) is 47.4 Å². The molecular formula is C15H19ClN2O2S. The highest BCUT2D eigenvalue weighted by Crippen LogP contribution is 2.33. The van der Waals surface area contributed by atoms with Gasteiger partial charge in [0.1, 0.15) is 0 Å². The standard InChI is InChI=1S/C15H18N2O2S.ClH/c16-10-14(12-8-9-12)17-20(18,19)15-7-3-5-11-4-1-2-6-13(11)15;/h1-7,12,14,17H,8-10,16H2;1H. The number of nitrogens with two attached hydrogens (primary N) is 1. The molecule has 0 bridgehead atoms. The van der Waals surface area contributed by atoms with Gasteiger partial charge in [-0.25, -0.2) is 13.1 Å². The average Bonchev–Trinajstić information content (AvgIpc) is 3.29. The molecule has 3 N–H and O–H groups in total. The second-order valence-corrected chi connectivity index (χ2v) is 6.96. The Morgan fingerprint density at radius 2 is 1.81 bits per heavy atom. The van der Waals surface area contributed by atoms with Crippen LogP contribution in [0.1, 0.15) is 12.8 Å². The molecular weight excluding hydrogens is 308 g/mol. The number of halogens is 1. The van der Waals surface area contributed by atoms with Crippen LogP contribution in [0.2, 0.25) is 0 Å². The van der Waals surface area contributed by atoms with Crippen molar-refractivity contribution < 1.29 is 8.42 Å². The van der Waals surface area contributed by atoms with Gasteiger partial charge < -0.3 is 5.73 Å². The van der Waals surface area contributed by atoms with Crippen molar-refractivity contribution in [1.29, 1.82) is 0 Å². The third-order valence-electron chi connectivity index (χ3n) is 3.79. The molecule has 0 aromatic heterocycles. The molecule has 3 rings (SSSR count). The first-order valence-corrected chi connectivity index (χ1v) is 8.30. The van der Waals surface area contributed by atoms with Gasteiger partial charge in [0.15, 0.2) is 0 Å². The van der Waals surface area contributed by atoms with E-state index in [9.17, 15) is 8.42 Å². The van der Waals surface area contributed by atoms with E-state index in [4.69, 9.17) is 5.73 Å². The topological polar surface area (TPSA) is 72.2 Å². The highest BCUT2D eigenvalue weighted by atomic mass is 35.5. The van der Waals surface area contributed by atoms with Crippen molar-refractivity contribution in [1.82, 2.24) is 4.72 Å². The van der Waals surface area contributed by atoms with E-state index in [0.717, 1.165) is 23.6 Å². The van der Waals surface area contributed by atoms with Crippen molar-refractivity contribution in [3.8, 4) is 0 Å². The van der Waals surface area contributed by atoms with Crippen LogP contribution in [0.3, 0.4) is 0 Å². The van der Waals surface area contributed by atoms with E-state index in [1.165, 1.54) is 0 Å². The summed E-state index contributed by atoms with van der Waals surface area (Å²) >= 11 is 0. The Balaban J connectivity index is 0.00000161. The predicted molar refractivity (Wildman–Crippen MR) is 87.1 cm³/mol. The lowest BCUT2D eigenvalue weighted by molar-refractivity contribution is 0.520. The highest BCUT2D eigenvalue weighted by Gasteiger charge is 2.33. The Hall–Kier alpha value is -1.14. The summed E-state index contributed by atoms with van der Waals surface area (Å²) in [6.07, 6.45) is 2.11. The Labute approximate surface area is 131 Å². The summed E-state index contributed by atoms with van der Waals surface area (Å²) in [5.74, 6) is 0.393. The first-order chi connectivity index (χ1) is 9.62. The van der Waals surface area contributed by atoms with Crippen LogP contribution >= 0.6 is 12.4 Å². The number of hydrogen-bond donors (Lipinski definition) is 2. The maximum atomic E-state index is 12.6. The Morgan fingerprint density at radius 3 is 2.48 bits per heavy atom. The summed E-state index contributed by atoms with van der Waals surface area (Å²) in [5.41, 5.74) is 5.68. The molecule has 0 heterocycles. The lowest BCUT2D eigenvalue weighted by Gasteiger charge is -2.17. The summed E-state index contributed by atoms with van der Waals surface area (Å²) in [4.78, 5) is 0.328. The van der Waals surface area contributed by atoms with Crippen molar-refractivity contribution in [2.24, 2.45) is 11.7 Å². The summed E-state index contributed by atoms with van der Waals surface area (Å²) in [6, 6.07) is 12.7. The molecule has 21 heavy (non-hydrogen) atoms. The summed E-state index contributed by atoms with van der Waals surface area (Å²) < 4.78 is 27.9. The third kappa shape index (κ3) is 3.37. The van der Waals surface area contributed by atoms with E-state index in [2.05, 4.69) is 4.72 Å². The minimum atomic E-state index is -3.53. The molecule has 1 atom stereocenters. The van der Waals surface area contributed by atoms with Gasteiger partial charge in [-0.05, 0) is 30.2 Å². The zero-order chi connectivity index (χ0) is 14.2. The smallest absolute Gasteiger partial charge is 0.241 e. The highest BCUT2D eigenvalue weighted by molar-refractivity contribution is 7.89. The molecule has 0 radical (unpaired) electrons. The molecule has 1 unspecified atom stereocenters. The molecule has 2 aromatic rings. The molecule has 0 amide bonds. The molecule has 114 valence electrons. The first-order valence-electron chi connectivity index (χ1n) is 6.82. The van der Waals surface area contributed by atoms with Gasteiger partial charge in [-0.1, -0.05) is 36.4 Å². The fraction of sp³-hybridized carbons (Fsp3) is 0.333. The van der Waals surface area contributed by atoms with Gasteiger partial charge in [0.05, 0.1) is 4.90 Å². The Bertz CT molecular complexity index is 724. The molecule has 4 nitrogen and oxygen atoms in total. The van der Waals surface area contributed by atoms with Crippen molar-refractivity contribution in [3.05, 3.63) is 42.5 Å². The second-order valence-electron chi connectivity index (χ2n) is 5.28. The fourth-order valence-electron chi connectivity index (χ4n) is 2.53. The van der Waals surface area contributed by atoms with Crippen LogP contribution in [0.5, 0.6) is 0 Å². The monoisotopic (exact) mass is 326 g/mol. The van der Waals surface area contributed by atoms with Crippen molar-refractivity contribution in [2.75, 3.05) is 6.54 Å². The molecule has 6 heteroatoms. The zero-order valence-electron chi connectivity index (χ0n) is 11.5. The third-order valence-corrected chi connectivity index (χ3v) is 5.34. The summed E-state index contributed by atoms with van der Waals surface area (Å²) in [6.45, 7) is 0.342. The molecule has 1 aliphatic carbocycles. The predicted octanol–water partition coefficient (Wildman–Crippen LogP) is 2.28. The van der Waals surface area contributed by atoms with Crippen LogP contribution in [-0.4, -0.2) is 21.0 Å². The van der Waals surface area contributed by atoms with Gasteiger partial charge in [-0.15, -0.1) is 12.4 Å². The maximum absolute atomic E-state index is 12.6. The summed E-state index contributed by atoms with van der Waals surface area (Å²) in [7, 11) is -3.53. The second kappa shape index (κ2) is 6.32. The molecule has 2 aromatic carbocycles. The fourth-order valence-corrected chi connectivity index (χ4v) is 4.08. The van der Waals surface area contributed by atoms with E-state index in [-0.39, 0.29) is 18.4 Å². The lowest BCUT2D eigenvalue weighted by atomic mass is 10.1. The lowest BCUT2D eigenvalue weighted by Crippen LogP contribution is -2.41. The normalized spacial score (nSPS) is 16.4. The van der Waals surface area contributed by atoms with Crippen LogP contribution in [0, 0.1) is 5.92 Å². The van der Waals surface area contributed by atoms with Crippen molar-refractivity contribution in [2.45, 2.75) is 23.8 Å². The number of nitrogens with one attached hydrogen (secondary N) is 1. The van der Waals surface area contributed by atoms with Crippen LogP contribution in [0.4, 0.5) is 0 Å². The molecule has 1 saturated carbocycles. The molecule has 0 saturated heterocycles. The van der Waals surface area contributed by atoms with E-state index >= 15 is 0 Å². The maximum Gasteiger partial charge on any atom is 0.241 e. The molecule has 1 aliphatic rings. The van der Waals surface area contributed by atoms with E-state index in [1.54, 1.807) is 12.1 Å². The van der Waals surface area contributed by atoms with Gasteiger partial charge in [0.2, 0.25) is 10.0 Å². The average molecular weight is 327 g/mol. The van der Waals surface area contributed by atoms with Gasteiger partial charge in [-0.3, -0.25) is 0 Å². The SMILES string of the molecule is Cl.NCC(NS(=O)(=O)c1cccc2ccccc12)C1CC1. The quantitative estimate of drug-likeness (QED) is 0.885. The van der Waals surface area contributed by atoms with E-state index < -0.39 is 10.0 Å². The van der Waals surface area contributed by atoms with Gasteiger partial charge in [0, 0.05) is 18.0 Å². The minimum absolute atomic E-state index is 0. The van der Waals surface area contributed by atoms with E-state index in [0.29, 0.717) is 17.4 Å². The van der Waals surface area contributed by atoms with Gasteiger partial charge >= 0.3 is 0 Å². The number of fused-ring (bicyclic) bond motifs is 1. The minimum Gasteiger partial charge on any atom is -0.329 e. The number of sulfonamides is 1. The van der Waals surface area contributed by atoms with Crippen LogP contribution in [-0.2, 0) is 10.0 Å². The summed E-state index contributed by atoms with van der Waals surface area (Å²) in [5, 5.41) is 1.67. The van der Waals surface area contributed by atoms with Crippen LogP contribution < -0.4 is 10.5 Å². The Morgan fingerprint density at radius 1 is 1.14 bits per heavy atom. The Kier molecular flexibility index (Phi) is 4.88. The molecule has 1 fully saturated rings. The first kappa shape index (κ1) is 16.2. The van der Waals surface area contributed by atoms with E-state index in [1.807, 2.05) is 30.3 Å². The molecule has 0 aliphatic heterocycles. The number of benzene rings is 2. The molecule has 0 spiro atoms. The number of hydrogen-bond acceptors (Lipinski definition) is 3.